The van der Waals surface area contributed by atoms with Crippen LogP contribution in [0.5, 0.6) is 0 Å². The van der Waals surface area contributed by atoms with Crippen molar-refractivity contribution in [1.29, 1.82) is 0 Å². The fraction of sp³-hybridized carbons (Fsp3) is 0.476. The van der Waals surface area contributed by atoms with Crippen molar-refractivity contribution >= 4 is 23.1 Å². The smallest absolute Gasteiger partial charge is 0.190 e. The van der Waals surface area contributed by atoms with Crippen LogP contribution in [0.25, 0.3) is 0 Å². The fourth-order valence-electron chi connectivity index (χ4n) is 11.5. The molecule has 2 aliphatic heterocycles. The van der Waals surface area contributed by atoms with Gasteiger partial charge < -0.3 is 4.74 Å². The number of ketones is 4. The van der Waals surface area contributed by atoms with Crippen molar-refractivity contribution in [2.45, 2.75) is 89.3 Å². The van der Waals surface area contributed by atoms with Gasteiger partial charge in [0.1, 0.15) is 0 Å². The van der Waals surface area contributed by atoms with Gasteiger partial charge in [0.2, 0.25) is 0 Å². The zero-order valence-corrected chi connectivity index (χ0v) is 26.8. The van der Waals surface area contributed by atoms with Gasteiger partial charge in [-0.3, -0.25) is 19.2 Å². The SMILES string of the molecule is O=C1C2=C(C(=O)c3ccccc31)[C@@H]1CCCCCC[C@H]3C4=C(C(=O)C5C(C4=O)[C@@H]4O[C@H]5c5ccccc54)[C@H]4CCCCCC[C@H]2C4=C13. The molecular formula is C42H40O5. The number of benzene rings is 2. The summed E-state index contributed by atoms with van der Waals surface area (Å²) in [7, 11) is 0. The Kier molecular flexibility index (Phi) is 6.27. The number of Topliss-reactive ketones (excluding diaryl/α,β-unsaturated/α-hetero) is 4. The van der Waals surface area contributed by atoms with E-state index in [4.69, 9.17) is 4.74 Å². The number of carbonyl (C=O) groups is 4. The highest BCUT2D eigenvalue weighted by atomic mass is 16.5. The zero-order valence-electron chi connectivity index (χ0n) is 26.8. The highest BCUT2D eigenvalue weighted by molar-refractivity contribution is 6.28. The molecule has 2 saturated carbocycles. The average molecular weight is 625 g/mol. The molecule has 2 unspecified atom stereocenters. The Morgan fingerprint density at radius 1 is 0.447 bits per heavy atom. The van der Waals surface area contributed by atoms with Crippen molar-refractivity contribution in [2.75, 3.05) is 0 Å². The van der Waals surface area contributed by atoms with E-state index < -0.39 is 11.8 Å². The van der Waals surface area contributed by atoms with E-state index >= 15 is 9.59 Å². The van der Waals surface area contributed by atoms with Crippen LogP contribution in [0.15, 0.2) is 82.0 Å². The highest BCUT2D eigenvalue weighted by Crippen LogP contribution is 2.65. The number of hydrogen-bond acceptors (Lipinski definition) is 5. The highest BCUT2D eigenvalue weighted by Gasteiger charge is 2.64. The van der Waals surface area contributed by atoms with Gasteiger partial charge >= 0.3 is 0 Å². The molecule has 2 heterocycles. The fourth-order valence-corrected chi connectivity index (χ4v) is 11.5. The van der Waals surface area contributed by atoms with E-state index in [-0.39, 0.29) is 59.0 Å². The summed E-state index contributed by atoms with van der Waals surface area (Å²) >= 11 is 0. The third-order valence-corrected chi connectivity index (χ3v) is 13.3. The van der Waals surface area contributed by atoms with E-state index in [0.717, 1.165) is 110 Å². The molecule has 0 radical (unpaired) electrons. The van der Waals surface area contributed by atoms with Crippen molar-refractivity contribution in [3.05, 3.63) is 104 Å². The van der Waals surface area contributed by atoms with Crippen LogP contribution in [-0.2, 0) is 14.3 Å². The molecule has 0 amide bonds. The van der Waals surface area contributed by atoms with Crippen LogP contribution in [0.2, 0.25) is 0 Å². The van der Waals surface area contributed by atoms with Crippen LogP contribution in [-0.4, -0.2) is 23.1 Å². The Bertz CT molecular complexity index is 1770. The number of carbonyl (C=O) groups excluding carboxylic acids is 4. The minimum Gasteiger partial charge on any atom is -0.364 e. The normalized spacial score (nSPS) is 35.7. The van der Waals surface area contributed by atoms with E-state index in [9.17, 15) is 9.59 Å². The number of rotatable bonds is 0. The molecule has 2 aromatic rings. The number of allylic oxidation sites excluding steroid dienone is 6. The second-order valence-electron chi connectivity index (χ2n) is 15.3. The van der Waals surface area contributed by atoms with Gasteiger partial charge in [-0.05, 0) is 36.8 Å². The first kappa shape index (κ1) is 28.3. The van der Waals surface area contributed by atoms with Crippen LogP contribution < -0.4 is 0 Å². The molecule has 3 fully saturated rings. The summed E-state index contributed by atoms with van der Waals surface area (Å²) in [5, 5.41) is 0. The standard InChI is InChI=1S/C42H40O5/c43-37-21-13-9-10-14-22(21)38(44)32-26-18-6-2-4-8-20-28-30(26)29-25(31(32)37)17-5-1-3-7-19-27(29)33-34(28)40(46)36-35(39(33)45)41-23-15-11-12-16-24(23)42(36)47-41/h9-16,25-28,35-36,41-42H,1-8,17-20H2/t25-,26+,27-,28+,35?,36?,41-,42+. The van der Waals surface area contributed by atoms with Crippen molar-refractivity contribution in [2.24, 2.45) is 35.5 Å². The quantitative estimate of drug-likeness (QED) is 0.275. The van der Waals surface area contributed by atoms with Crippen LogP contribution in [0.3, 0.4) is 0 Å². The summed E-state index contributed by atoms with van der Waals surface area (Å²) < 4.78 is 6.55. The summed E-state index contributed by atoms with van der Waals surface area (Å²) in [6.07, 6.45) is 10.7. The lowest BCUT2D eigenvalue weighted by atomic mass is 9.51. The van der Waals surface area contributed by atoms with Crippen molar-refractivity contribution in [1.82, 2.24) is 0 Å². The maximum absolute atomic E-state index is 15.1. The van der Waals surface area contributed by atoms with Crippen molar-refractivity contribution in [3.8, 4) is 0 Å². The van der Waals surface area contributed by atoms with Gasteiger partial charge in [0.15, 0.2) is 23.1 Å². The maximum atomic E-state index is 15.1. The van der Waals surface area contributed by atoms with E-state index in [1.165, 1.54) is 11.1 Å². The Morgan fingerprint density at radius 2 is 0.809 bits per heavy atom. The molecule has 0 N–H and O–H groups in total. The van der Waals surface area contributed by atoms with Crippen LogP contribution in [0, 0.1) is 35.5 Å². The van der Waals surface area contributed by atoms with Gasteiger partial charge in [-0.15, -0.1) is 0 Å². The molecule has 6 aliphatic carbocycles. The Morgan fingerprint density at radius 3 is 1.21 bits per heavy atom. The maximum Gasteiger partial charge on any atom is 0.190 e. The lowest BCUT2D eigenvalue weighted by molar-refractivity contribution is -0.131. The van der Waals surface area contributed by atoms with Crippen LogP contribution in [0.4, 0.5) is 0 Å². The molecule has 1 saturated heterocycles. The Labute approximate surface area is 275 Å². The minimum atomic E-state index is -0.482. The van der Waals surface area contributed by atoms with E-state index in [2.05, 4.69) is 12.1 Å². The largest absolute Gasteiger partial charge is 0.364 e. The topological polar surface area (TPSA) is 77.5 Å². The van der Waals surface area contributed by atoms with Gasteiger partial charge in [0, 0.05) is 57.1 Å². The monoisotopic (exact) mass is 624 g/mol. The Hall–Kier alpha value is -3.70. The molecule has 47 heavy (non-hydrogen) atoms. The molecule has 5 heteroatoms. The first-order chi connectivity index (χ1) is 23.1. The third-order valence-electron chi connectivity index (χ3n) is 13.3. The first-order valence-corrected chi connectivity index (χ1v) is 18.3. The number of hydrogen-bond donors (Lipinski definition) is 0. The van der Waals surface area contributed by atoms with Gasteiger partial charge in [-0.25, -0.2) is 0 Å². The average Bonchev–Trinajstić information content (AvgIpc) is 3.71. The summed E-state index contributed by atoms with van der Waals surface area (Å²) in [4.78, 5) is 59.5. The molecule has 238 valence electrons. The zero-order chi connectivity index (χ0) is 31.6. The van der Waals surface area contributed by atoms with Gasteiger partial charge in [0.05, 0.1) is 24.0 Å². The molecular weight excluding hydrogens is 584 g/mol. The molecule has 10 rings (SSSR count). The lowest BCUT2D eigenvalue weighted by Crippen LogP contribution is -2.48. The molecule has 0 spiro atoms. The predicted molar refractivity (Wildman–Crippen MR) is 176 cm³/mol. The van der Waals surface area contributed by atoms with E-state index in [1.54, 1.807) is 0 Å². The number of fused-ring (bicyclic) bond motifs is 13. The molecule has 8 aliphatic rings. The summed E-state index contributed by atoms with van der Waals surface area (Å²) in [6.45, 7) is 0. The summed E-state index contributed by atoms with van der Waals surface area (Å²) in [5.74, 6) is -1.43. The lowest BCUT2D eigenvalue weighted by Gasteiger charge is -2.50. The summed E-state index contributed by atoms with van der Waals surface area (Å²) in [6, 6.07) is 15.5. The Balaban J connectivity index is 1.20. The van der Waals surface area contributed by atoms with Crippen molar-refractivity contribution < 1.29 is 23.9 Å². The molecule has 8 atom stereocenters. The molecule has 5 nitrogen and oxygen atoms in total. The van der Waals surface area contributed by atoms with Crippen molar-refractivity contribution in [3.63, 3.8) is 0 Å². The van der Waals surface area contributed by atoms with Gasteiger partial charge in [-0.1, -0.05) is 111 Å². The van der Waals surface area contributed by atoms with Gasteiger partial charge in [-0.2, -0.15) is 0 Å². The van der Waals surface area contributed by atoms with E-state index in [0.29, 0.717) is 11.1 Å². The summed E-state index contributed by atoms with van der Waals surface area (Å²) in [5.41, 5.74) is 8.64. The van der Waals surface area contributed by atoms with Crippen LogP contribution >= 0.6 is 0 Å². The van der Waals surface area contributed by atoms with Crippen LogP contribution in [0.1, 0.15) is 121 Å². The first-order valence-electron chi connectivity index (χ1n) is 18.3. The minimum absolute atomic E-state index is 0.00478. The molecule has 0 aromatic heterocycles. The second kappa shape index (κ2) is 10.4. The molecule has 2 aromatic carbocycles. The predicted octanol–water partition coefficient (Wildman–Crippen LogP) is 8.37. The number of ether oxygens (including phenoxy) is 1. The third kappa shape index (κ3) is 3.70. The second-order valence-corrected chi connectivity index (χ2v) is 15.3. The van der Waals surface area contributed by atoms with Gasteiger partial charge in [0.25, 0.3) is 0 Å². The van der Waals surface area contributed by atoms with E-state index in [1.807, 2.05) is 36.4 Å². The molecule has 2 bridgehead atoms.